The van der Waals surface area contributed by atoms with E-state index < -0.39 is 0 Å². The smallest absolute Gasteiger partial charge is 0.221 e. The number of amides is 1. The number of hydrogen-bond donors (Lipinski definition) is 1. The van der Waals surface area contributed by atoms with Gasteiger partial charge in [-0.25, -0.2) is 0 Å². The first-order valence-electron chi connectivity index (χ1n) is 4.52. The second-order valence-corrected chi connectivity index (χ2v) is 7.93. The molecular formula is C8H15I2NO2S2. The summed E-state index contributed by atoms with van der Waals surface area (Å²) in [5.74, 6) is 1.93. The van der Waals surface area contributed by atoms with Gasteiger partial charge in [0.25, 0.3) is 0 Å². The summed E-state index contributed by atoms with van der Waals surface area (Å²) in [5, 5.41) is 9.14. The van der Waals surface area contributed by atoms with E-state index in [1.54, 1.807) is 22.8 Å². The Hall–Kier alpha value is 1.59. The highest BCUT2D eigenvalue weighted by atomic mass is 127. The second kappa shape index (κ2) is 10.7. The fraction of sp³-hybridized carbons (Fsp3) is 0.875. The minimum absolute atomic E-state index is 0.0462. The fourth-order valence-corrected chi connectivity index (χ4v) is 4.19. The zero-order chi connectivity index (χ0) is 11.7. The molecule has 0 aromatic carbocycles. The maximum Gasteiger partial charge on any atom is 0.221 e. The lowest BCUT2D eigenvalue weighted by Gasteiger charge is -2.28. The summed E-state index contributed by atoms with van der Waals surface area (Å²) in [6, 6.07) is 0.165. The van der Waals surface area contributed by atoms with Crippen molar-refractivity contribution < 1.29 is 9.90 Å². The molecular weight excluding hydrogens is 460 g/mol. The Morgan fingerprint density at radius 2 is 2.13 bits per heavy atom. The maximum atomic E-state index is 11.3. The molecule has 0 saturated heterocycles. The minimum Gasteiger partial charge on any atom is -0.376 e. The highest BCUT2D eigenvalue weighted by Gasteiger charge is 2.19. The lowest BCUT2D eigenvalue weighted by molar-refractivity contribution is -0.134. The molecule has 0 rings (SSSR count). The number of halogens is 2. The Bertz CT molecular complexity index is 186. The quantitative estimate of drug-likeness (QED) is 0.333. The third-order valence-electron chi connectivity index (χ3n) is 2.01. The van der Waals surface area contributed by atoms with Crippen LogP contribution in [0.15, 0.2) is 0 Å². The average molecular weight is 475 g/mol. The number of hydrogen-bond acceptors (Lipinski definition) is 4. The van der Waals surface area contributed by atoms with Crippen LogP contribution in [0, 0.1) is 0 Å². The molecule has 0 aromatic heterocycles. The van der Waals surface area contributed by atoms with Crippen molar-refractivity contribution in [2.75, 3.05) is 18.2 Å². The zero-order valence-corrected chi connectivity index (χ0v) is 14.4. The zero-order valence-electron chi connectivity index (χ0n) is 8.49. The Kier molecular flexibility index (Phi) is 11.9. The molecule has 0 heterocycles. The number of carbonyl (C=O) groups is 1. The van der Waals surface area contributed by atoms with Crippen molar-refractivity contribution >= 4 is 66.2 Å². The first-order chi connectivity index (χ1) is 7.17. The first-order valence-corrected chi connectivity index (χ1v) is 11.6. The van der Waals surface area contributed by atoms with Gasteiger partial charge >= 0.3 is 0 Å². The van der Waals surface area contributed by atoms with Crippen LogP contribution in [0.3, 0.4) is 0 Å². The van der Waals surface area contributed by atoms with Crippen LogP contribution in [0.2, 0.25) is 0 Å². The van der Waals surface area contributed by atoms with Gasteiger partial charge in [0.05, 0.1) is 0 Å². The summed E-state index contributed by atoms with van der Waals surface area (Å²) in [7, 11) is 3.47. The van der Waals surface area contributed by atoms with Gasteiger partial charge in [-0.15, -0.1) is 0 Å². The Morgan fingerprint density at radius 3 is 2.53 bits per heavy atom. The molecule has 0 aliphatic rings. The van der Waals surface area contributed by atoms with Crippen LogP contribution in [0.4, 0.5) is 0 Å². The van der Waals surface area contributed by atoms with Crippen molar-refractivity contribution in [1.82, 2.24) is 4.90 Å². The lowest BCUT2D eigenvalue weighted by Crippen LogP contribution is -2.41. The summed E-state index contributed by atoms with van der Waals surface area (Å²) in [6.07, 6.45) is 2.05. The van der Waals surface area contributed by atoms with Crippen molar-refractivity contribution in [3.63, 3.8) is 0 Å². The van der Waals surface area contributed by atoms with Gasteiger partial charge in [-0.05, 0) is 55.3 Å². The molecule has 0 bridgehead atoms. The lowest BCUT2D eigenvalue weighted by atomic mass is 10.1. The van der Waals surface area contributed by atoms with E-state index in [9.17, 15) is 4.79 Å². The van der Waals surface area contributed by atoms with E-state index in [2.05, 4.69) is 42.4 Å². The van der Waals surface area contributed by atoms with Gasteiger partial charge in [0, 0.05) is 24.5 Å². The Balaban J connectivity index is 4.14. The SMILES string of the molecule is CC(=O)N(CO)C(CCCSI)CSI. The van der Waals surface area contributed by atoms with Gasteiger partial charge in [-0.3, -0.25) is 4.79 Å². The number of carbonyl (C=O) groups excluding carboxylic acids is 1. The third-order valence-corrected chi connectivity index (χ3v) is 5.37. The van der Waals surface area contributed by atoms with E-state index in [0.29, 0.717) is 0 Å². The molecule has 15 heavy (non-hydrogen) atoms. The van der Waals surface area contributed by atoms with Crippen LogP contribution in [-0.4, -0.2) is 40.2 Å². The molecule has 1 unspecified atom stereocenters. The number of aliphatic hydroxyl groups excluding tert-OH is 1. The van der Waals surface area contributed by atoms with E-state index >= 15 is 0 Å². The number of rotatable bonds is 8. The first kappa shape index (κ1) is 16.6. The molecule has 3 nitrogen and oxygen atoms in total. The molecule has 1 atom stereocenters. The van der Waals surface area contributed by atoms with E-state index in [-0.39, 0.29) is 18.7 Å². The van der Waals surface area contributed by atoms with Crippen LogP contribution >= 0.6 is 60.3 Å². The van der Waals surface area contributed by atoms with Gasteiger partial charge < -0.3 is 10.0 Å². The molecule has 0 aromatic rings. The largest absolute Gasteiger partial charge is 0.376 e. The predicted molar refractivity (Wildman–Crippen MR) is 85.6 cm³/mol. The van der Waals surface area contributed by atoms with Gasteiger partial charge in [0.15, 0.2) is 0 Å². The minimum atomic E-state index is -0.172. The molecule has 0 radical (unpaired) electrons. The number of aliphatic hydroxyl groups is 1. The molecule has 1 N–H and O–H groups in total. The Labute approximate surface area is 124 Å². The van der Waals surface area contributed by atoms with Crippen molar-refractivity contribution in [2.45, 2.75) is 25.8 Å². The maximum absolute atomic E-state index is 11.3. The van der Waals surface area contributed by atoms with Gasteiger partial charge in [-0.1, -0.05) is 17.9 Å². The van der Waals surface area contributed by atoms with Gasteiger partial charge in [-0.2, -0.15) is 0 Å². The van der Waals surface area contributed by atoms with Crippen molar-refractivity contribution in [2.24, 2.45) is 0 Å². The van der Waals surface area contributed by atoms with E-state index in [1.165, 1.54) is 6.92 Å². The molecule has 0 fully saturated rings. The summed E-state index contributed by atoms with van der Waals surface area (Å²) < 4.78 is 0. The fourth-order valence-electron chi connectivity index (χ4n) is 1.25. The molecule has 0 aliphatic heterocycles. The van der Waals surface area contributed by atoms with Gasteiger partial charge in [0.2, 0.25) is 5.91 Å². The average Bonchev–Trinajstić information content (AvgIpc) is 2.18. The standard InChI is InChI=1S/C8H15I2NO2S2/c1-7(13)11(6-12)8(5-15-10)3-2-4-14-9/h8,12H,2-6H2,1H3. The molecule has 1 amide bonds. The normalized spacial score (nSPS) is 12.5. The molecule has 0 spiro atoms. The van der Waals surface area contributed by atoms with Crippen LogP contribution in [0.5, 0.6) is 0 Å². The number of nitrogens with zero attached hydrogens (tertiary/aromatic N) is 1. The van der Waals surface area contributed by atoms with Crippen LogP contribution < -0.4 is 0 Å². The summed E-state index contributed by atoms with van der Waals surface area (Å²) in [5.41, 5.74) is 0. The summed E-state index contributed by atoms with van der Waals surface area (Å²) >= 11 is 4.50. The molecule has 7 heteroatoms. The van der Waals surface area contributed by atoms with Crippen molar-refractivity contribution in [3.8, 4) is 0 Å². The van der Waals surface area contributed by atoms with E-state index in [4.69, 9.17) is 5.11 Å². The van der Waals surface area contributed by atoms with E-state index in [0.717, 1.165) is 24.3 Å². The van der Waals surface area contributed by atoms with Gasteiger partial charge in [0.1, 0.15) is 6.73 Å². The molecule has 90 valence electrons. The Morgan fingerprint density at radius 1 is 1.47 bits per heavy atom. The second-order valence-electron chi connectivity index (χ2n) is 3.02. The van der Waals surface area contributed by atoms with Crippen molar-refractivity contribution in [1.29, 1.82) is 0 Å². The summed E-state index contributed by atoms with van der Waals surface area (Å²) in [6.45, 7) is 1.34. The van der Waals surface area contributed by atoms with Crippen molar-refractivity contribution in [3.05, 3.63) is 0 Å². The van der Waals surface area contributed by atoms with Crippen LogP contribution in [-0.2, 0) is 4.79 Å². The van der Waals surface area contributed by atoms with Crippen LogP contribution in [0.1, 0.15) is 19.8 Å². The highest BCUT2D eigenvalue weighted by molar-refractivity contribution is 14.2. The molecule has 0 aliphatic carbocycles. The predicted octanol–water partition coefficient (Wildman–Crippen LogP) is 3.10. The highest BCUT2D eigenvalue weighted by Crippen LogP contribution is 2.21. The topological polar surface area (TPSA) is 40.5 Å². The van der Waals surface area contributed by atoms with Crippen LogP contribution in [0.25, 0.3) is 0 Å². The summed E-state index contributed by atoms with van der Waals surface area (Å²) in [4.78, 5) is 12.8. The monoisotopic (exact) mass is 475 g/mol. The molecule has 0 saturated carbocycles. The van der Waals surface area contributed by atoms with E-state index in [1.807, 2.05) is 0 Å². The third kappa shape index (κ3) is 7.50.